The lowest BCUT2D eigenvalue weighted by Gasteiger charge is -2.31. The molecule has 2 aromatic rings. The van der Waals surface area contributed by atoms with Gasteiger partial charge in [-0.1, -0.05) is 41.9 Å². The van der Waals surface area contributed by atoms with E-state index in [4.69, 9.17) is 16.7 Å². The van der Waals surface area contributed by atoms with Crippen molar-refractivity contribution in [1.82, 2.24) is 10.3 Å². The van der Waals surface area contributed by atoms with Gasteiger partial charge in [-0.15, -0.1) is 0 Å². The monoisotopic (exact) mass is 413 g/mol. The SMILES string of the molecule is O=C(O)c1ccccc1/C=N\NC(=O)C1CCN(C(=O)c2ccccc2Cl)CC1. The van der Waals surface area contributed by atoms with Crippen LogP contribution in [-0.4, -0.2) is 47.1 Å². The summed E-state index contributed by atoms with van der Waals surface area (Å²) in [7, 11) is 0. The van der Waals surface area contributed by atoms with Gasteiger partial charge in [-0.25, -0.2) is 10.2 Å². The molecular formula is C21H20ClN3O4. The summed E-state index contributed by atoms with van der Waals surface area (Å²) in [5, 5.41) is 13.5. The summed E-state index contributed by atoms with van der Waals surface area (Å²) in [6, 6.07) is 13.3. The number of aromatic carboxylic acids is 1. The number of hydrogen-bond acceptors (Lipinski definition) is 4. The summed E-state index contributed by atoms with van der Waals surface area (Å²) in [6.45, 7) is 0.904. The largest absolute Gasteiger partial charge is 0.478 e. The van der Waals surface area contributed by atoms with Crippen LogP contribution < -0.4 is 5.43 Å². The van der Waals surface area contributed by atoms with Gasteiger partial charge in [0.15, 0.2) is 0 Å². The molecule has 0 saturated carbocycles. The summed E-state index contributed by atoms with van der Waals surface area (Å²) in [6.07, 6.45) is 2.35. The maximum Gasteiger partial charge on any atom is 0.336 e. The highest BCUT2D eigenvalue weighted by Crippen LogP contribution is 2.22. The highest BCUT2D eigenvalue weighted by atomic mass is 35.5. The molecule has 2 amide bonds. The van der Waals surface area contributed by atoms with Crippen LogP contribution in [0.15, 0.2) is 53.6 Å². The minimum atomic E-state index is -1.06. The maximum absolute atomic E-state index is 12.6. The fraction of sp³-hybridized carbons (Fsp3) is 0.238. The van der Waals surface area contributed by atoms with Gasteiger partial charge in [-0.05, 0) is 31.0 Å². The normalized spacial score (nSPS) is 14.7. The first-order valence-electron chi connectivity index (χ1n) is 9.16. The Morgan fingerprint density at radius 1 is 1.03 bits per heavy atom. The zero-order valence-electron chi connectivity index (χ0n) is 15.5. The number of amides is 2. The van der Waals surface area contributed by atoms with Gasteiger partial charge < -0.3 is 10.0 Å². The van der Waals surface area contributed by atoms with E-state index < -0.39 is 5.97 Å². The predicted molar refractivity (Wildman–Crippen MR) is 109 cm³/mol. The number of rotatable bonds is 5. The van der Waals surface area contributed by atoms with Crippen molar-refractivity contribution in [2.75, 3.05) is 13.1 Å². The average Bonchev–Trinajstić information content (AvgIpc) is 2.74. The molecule has 0 aromatic heterocycles. The molecule has 8 heteroatoms. The fourth-order valence-corrected chi connectivity index (χ4v) is 3.43. The van der Waals surface area contributed by atoms with Crippen LogP contribution in [0, 0.1) is 5.92 Å². The van der Waals surface area contributed by atoms with Crippen molar-refractivity contribution in [3.05, 3.63) is 70.2 Å². The van der Waals surface area contributed by atoms with Crippen LogP contribution in [0.25, 0.3) is 0 Å². The summed E-state index contributed by atoms with van der Waals surface area (Å²) < 4.78 is 0. The standard InChI is InChI=1S/C21H20ClN3O4/c22-18-8-4-3-7-17(18)20(27)25-11-9-14(10-12-25)19(26)24-23-13-15-5-1-2-6-16(15)21(28)29/h1-8,13-14H,9-12H2,(H,24,26)(H,28,29)/b23-13-. The third-order valence-electron chi connectivity index (χ3n) is 4.83. The number of piperidine rings is 1. The van der Waals surface area contributed by atoms with E-state index in [1.807, 2.05) is 0 Å². The van der Waals surface area contributed by atoms with Gasteiger partial charge in [0.1, 0.15) is 0 Å². The molecule has 7 nitrogen and oxygen atoms in total. The van der Waals surface area contributed by atoms with E-state index in [0.29, 0.717) is 42.1 Å². The molecule has 29 heavy (non-hydrogen) atoms. The number of carbonyl (C=O) groups excluding carboxylic acids is 2. The number of carbonyl (C=O) groups is 3. The second-order valence-corrected chi connectivity index (χ2v) is 7.08. The van der Waals surface area contributed by atoms with Gasteiger partial charge >= 0.3 is 5.97 Å². The lowest BCUT2D eigenvalue weighted by atomic mass is 9.95. The van der Waals surface area contributed by atoms with Gasteiger partial charge in [0.05, 0.1) is 22.4 Å². The number of hydrogen-bond donors (Lipinski definition) is 2. The Morgan fingerprint density at radius 3 is 2.31 bits per heavy atom. The zero-order valence-corrected chi connectivity index (χ0v) is 16.3. The van der Waals surface area contributed by atoms with Gasteiger partial charge in [-0.2, -0.15) is 5.10 Å². The van der Waals surface area contributed by atoms with Crippen molar-refractivity contribution in [3.63, 3.8) is 0 Å². The van der Waals surface area contributed by atoms with Crippen molar-refractivity contribution in [2.24, 2.45) is 11.0 Å². The molecule has 2 N–H and O–H groups in total. The van der Waals surface area contributed by atoms with Gasteiger partial charge in [0, 0.05) is 24.6 Å². The molecule has 0 bridgehead atoms. The Kier molecular flexibility index (Phi) is 6.61. The van der Waals surface area contributed by atoms with E-state index in [1.54, 1.807) is 47.4 Å². The van der Waals surface area contributed by atoms with Crippen molar-refractivity contribution in [3.8, 4) is 0 Å². The molecule has 0 spiro atoms. The number of carboxylic acids is 1. The number of likely N-dealkylation sites (tertiary alicyclic amines) is 1. The summed E-state index contributed by atoms with van der Waals surface area (Å²) in [5.74, 6) is -1.72. The van der Waals surface area contributed by atoms with E-state index in [-0.39, 0.29) is 23.3 Å². The Balaban J connectivity index is 1.54. The van der Waals surface area contributed by atoms with Crippen LogP contribution >= 0.6 is 11.6 Å². The van der Waals surface area contributed by atoms with Crippen molar-refractivity contribution in [1.29, 1.82) is 0 Å². The van der Waals surface area contributed by atoms with Crippen LogP contribution in [0.4, 0.5) is 0 Å². The summed E-state index contributed by atoms with van der Waals surface area (Å²) in [5.41, 5.74) is 3.43. The second-order valence-electron chi connectivity index (χ2n) is 6.67. The lowest BCUT2D eigenvalue weighted by Crippen LogP contribution is -2.42. The van der Waals surface area contributed by atoms with Crippen LogP contribution in [0.1, 0.15) is 39.1 Å². The topological polar surface area (TPSA) is 99.1 Å². The van der Waals surface area contributed by atoms with E-state index in [2.05, 4.69) is 10.5 Å². The number of carboxylic acid groups (broad SMARTS) is 1. The molecule has 1 aliphatic heterocycles. The highest BCUT2D eigenvalue weighted by molar-refractivity contribution is 6.33. The summed E-state index contributed by atoms with van der Waals surface area (Å²) >= 11 is 6.09. The molecule has 1 fully saturated rings. The van der Waals surface area contributed by atoms with Crippen LogP contribution in [0.5, 0.6) is 0 Å². The van der Waals surface area contributed by atoms with E-state index in [9.17, 15) is 14.4 Å². The van der Waals surface area contributed by atoms with Gasteiger partial charge in [0.2, 0.25) is 5.91 Å². The molecule has 0 atom stereocenters. The Labute approximate surface area is 173 Å². The Hall–Kier alpha value is -3.19. The zero-order chi connectivity index (χ0) is 20.8. The average molecular weight is 414 g/mol. The molecule has 2 aromatic carbocycles. The van der Waals surface area contributed by atoms with Crippen LogP contribution in [-0.2, 0) is 4.79 Å². The van der Waals surface area contributed by atoms with Gasteiger partial charge in [-0.3, -0.25) is 9.59 Å². The number of halogens is 1. The maximum atomic E-state index is 12.6. The Bertz CT molecular complexity index is 952. The number of nitrogens with zero attached hydrogens (tertiary/aromatic N) is 2. The van der Waals surface area contributed by atoms with Crippen molar-refractivity contribution in [2.45, 2.75) is 12.8 Å². The number of benzene rings is 2. The first-order valence-corrected chi connectivity index (χ1v) is 9.54. The molecule has 0 aliphatic carbocycles. The lowest BCUT2D eigenvalue weighted by molar-refractivity contribution is -0.126. The van der Waals surface area contributed by atoms with Gasteiger partial charge in [0.25, 0.3) is 5.91 Å². The quantitative estimate of drug-likeness (QED) is 0.581. The molecule has 150 valence electrons. The highest BCUT2D eigenvalue weighted by Gasteiger charge is 2.28. The number of nitrogens with one attached hydrogen (secondary N) is 1. The summed E-state index contributed by atoms with van der Waals surface area (Å²) in [4.78, 5) is 37.8. The third kappa shape index (κ3) is 5.00. The van der Waals surface area contributed by atoms with Crippen LogP contribution in [0.3, 0.4) is 0 Å². The molecule has 1 heterocycles. The van der Waals surface area contributed by atoms with E-state index in [0.717, 1.165) is 0 Å². The van der Waals surface area contributed by atoms with Crippen molar-refractivity contribution >= 4 is 35.6 Å². The second kappa shape index (κ2) is 9.34. The molecule has 0 radical (unpaired) electrons. The Morgan fingerprint density at radius 2 is 1.66 bits per heavy atom. The molecular weight excluding hydrogens is 394 g/mol. The molecule has 3 rings (SSSR count). The minimum absolute atomic E-state index is 0.108. The van der Waals surface area contributed by atoms with E-state index >= 15 is 0 Å². The smallest absolute Gasteiger partial charge is 0.336 e. The predicted octanol–water partition coefficient (Wildman–Crippen LogP) is 3.04. The molecule has 1 saturated heterocycles. The molecule has 1 aliphatic rings. The van der Waals surface area contributed by atoms with E-state index in [1.165, 1.54) is 12.3 Å². The fourth-order valence-electron chi connectivity index (χ4n) is 3.21. The number of hydrazone groups is 1. The first kappa shape index (κ1) is 20.5. The third-order valence-corrected chi connectivity index (χ3v) is 5.16. The van der Waals surface area contributed by atoms with Crippen molar-refractivity contribution < 1.29 is 19.5 Å². The minimum Gasteiger partial charge on any atom is -0.478 e. The first-order chi connectivity index (χ1) is 14.0. The molecule has 0 unspecified atom stereocenters. The van der Waals surface area contributed by atoms with Crippen LogP contribution in [0.2, 0.25) is 5.02 Å².